The molecule has 0 saturated carbocycles. The lowest BCUT2D eigenvalue weighted by atomic mass is 9.93. The molecule has 13 heteroatoms. The van der Waals surface area contributed by atoms with E-state index in [4.69, 9.17) is 119 Å². The summed E-state index contributed by atoms with van der Waals surface area (Å²) in [4.78, 5) is 12.2. The van der Waals surface area contributed by atoms with Gasteiger partial charge < -0.3 is 14.2 Å². The molecule has 2 unspecified atom stereocenters. The molecule has 152 valence electrons. The van der Waals surface area contributed by atoms with Gasteiger partial charge in [0, 0.05) is 12.0 Å². The fourth-order valence-corrected chi connectivity index (χ4v) is 3.62. The van der Waals surface area contributed by atoms with Gasteiger partial charge in [-0.2, -0.15) is 0 Å². The van der Waals surface area contributed by atoms with Crippen LogP contribution in [0.25, 0.3) is 0 Å². The number of rotatable bonds is 2. The lowest BCUT2D eigenvalue weighted by Crippen LogP contribution is -2.42. The van der Waals surface area contributed by atoms with Crippen molar-refractivity contribution in [3.8, 4) is 5.75 Å². The number of hydrogen-bond donors (Lipinski definition) is 0. The van der Waals surface area contributed by atoms with Gasteiger partial charge in [0.05, 0.1) is 12.7 Å². The van der Waals surface area contributed by atoms with Gasteiger partial charge in [-0.3, -0.25) is 0 Å². The Morgan fingerprint density at radius 3 is 2.07 bits per heavy atom. The third kappa shape index (κ3) is 6.04. The number of ether oxygens (including phenoxy) is 3. The van der Waals surface area contributed by atoms with Crippen molar-refractivity contribution in [2.45, 2.75) is 30.2 Å². The Kier molecular flexibility index (Phi) is 7.81. The number of carbonyl (C=O) groups excluding carboxylic acids is 1. The summed E-state index contributed by atoms with van der Waals surface area (Å²) in [6, 6.07) is 2.81. The van der Waals surface area contributed by atoms with Crippen molar-refractivity contribution in [2.24, 2.45) is 0 Å². The topological polar surface area (TPSA) is 44.8 Å². The number of methoxy groups -OCH3 is 1. The monoisotopic (exact) mass is 556 g/mol. The largest absolute Gasteiger partial charge is 0.465 e. The minimum atomic E-state index is -2.04. The average Bonchev–Trinajstić information content (AvgIpc) is 2.50. The zero-order chi connectivity index (χ0) is 20.8. The molecular formula is C14H9Cl9O4. The van der Waals surface area contributed by atoms with Gasteiger partial charge >= 0.3 is 5.97 Å². The zero-order valence-corrected chi connectivity index (χ0v) is 19.9. The Bertz CT molecular complexity index is 721. The Morgan fingerprint density at radius 2 is 1.63 bits per heavy atom. The minimum absolute atomic E-state index is 0.0707. The number of hydrogen-bond acceptors (Lipinski definition) is 4. The second-order valence-corrected chi connectivity index (χ2v) is 12.6. The van der Waals surface area contributed by atoms with Crippen LogP contribution in [-0.2, 0) is 15.9 Å². The maximum atomic E-state index is 12.2. The van der Waals surface area contributed by atoms with Crippen molar-refractivity contribution < 1.29 is 19.0 Å². The Morgan fingerprint density at radius 1 is 1.04 bits per heavy atom. The molecule has 0 amide bonds. The summed E-state index contributed by atoms with van der Waals surface area (Å²) in [6.45, 7) is 0. The highest BCUT2D eigenvalue weighted by atomic mass is 35.6. The van der Waals surface area contributed by atoms with E-state index in [0.717, 1.165) is 0 Å². The summed E-state index contributed by atoms with van der Waals surface area (Å²) in [6.07, 6.45) is -2.95. The van der Waals surface area contributed by atoms with Crippen LogP contribution in [0.4, 0.5) is 0 Å². The maximum Gasteiger partial charge on any atom is 0.338 e. The molecule has 2 rings (SSSR count). The first-order chi connectivity index (χ1) is 12.1. The molecule has 0 aromatic heterocycles. The Hall–Kier alpha value is 1.06. The summed E-state index contributed by atoms with van der Waals surface area (Å²) in [5.41, 5.74) is 0.425. The molecule has 0 aliphatic carbocycles. The van der Waals surface area contributed by atoms with Gasteiger partial charge in [-0.1, -0.05) is 104 Å². The molecule has 27 heavy (non-hydrogen) atoms. The molecule has 1 aliphatic rings. The second-order valence-electron chi connectivity index (χ2n) is 5.34. The van der Waals surface area contributed by atoms with E-state index < -0.39 is 29.7 Å². The average molecular weight is 560 g/mol. The first-order valence-electron chi connectivity index (χ1n) is 6.91. The third-order valence-electron chi connectivity index (χ3n) is 3.42. The molecular weight excluding hydrogens is 551 g/mol. The van der Waals surface area contributed by atoms with E-state index in [1.165, 1.54) is 19.2 Å². The molecule has 0 N–H and O–H groups in total. The molecule has 1 aromatic carbocycles. The van der Waals surface area contributed by atoms with E-state index >= 15 is 0 Å². The molecule has 4 nitrogen and oxygen atoms in total. The lowest BCUT2D eigenvalue weighted by Gasteiger charge is -2.39. The molecule has 0 fully saturated rings. The van der Waals surface area contributed by atoms with Crippen LogP contribution in [-0.4, -0.2) is 30.7 Å². The molecule has 0 radical (unpaired) electrons. The van der Waals surface area contributed by atoms with E-state index in [1.807, 2.05) is 0 Å². The van der Waals surface area contributed by atoms with Crippen LogP contribution in [0, 0.1) is 0 Å². The highest BCUT2D eigenvalue weighted by molar-refractivity contribution is 6.69. The van der Waals surface area contributed by atoms with Crippen LogP contribution in [0.1, 0.15) is 27.6 Å². The van der Waals surface area contributed by atoms with E-state index in [2.05, 4.69) is 0 Å². The summed E-state index contributed by atoms with van der Waals surface area (Å²) < 4.78 is 10.1. The number of esters is 1. The van der Waals surface area contributed by atoms with Crippen LogP contribution in [0.3, 0.4) is 0 Å². The maximum absolute atomic E-state index is 12.2. The van der Waals surface area contributed by atoms with Gasteiger partial charge in [-0.25, -0.2) is 4.79 Å². The predicted octanol–water partition coefficient (Wildman–Crippen LogP) is 6.90. The standard InChI is InChI=1S/C14H9Cl9O4/c1-25-10(24)5-2-3-7-8(6(5)4-12(15,16)17)9(13(18,19)20)27-11(26-7)14(21,22)23/h2-3,9,11H,4H2,1H3. The molecule has 0 bridgehead atoms. The molecule has 0 saturated heterocycles. The van der Waals surface area contributed by atoms with E-state index in [-0.39, 0.29) is 28.9 Å². The van der Waals surface area contributed by atoms with Gasteiger partial charge in [0.15, 0.2) is 3.79 Å². The molecule has 1 heterocycles. The SMILES string of the molecule is COC(=O)c1ccc2c(c1CC(Cl)(Cl)Cl)C(C(Cl)(Cl)Cl)OC(C(Cl)(Cl)Cl)O2. The molecule has 1 aromatic rings. The summed E-state index contributed by atoms with van der Waals surface area (Å²) in [5, 5.41) is 0. The van der Waals surface area contributed by atoms with E-state index in [9.17, 15) is 4.79 Å². The first kappa shape index (κ1) is 24.3. The van der Waals surface area contributed by atoms with Crippen LogP contribution in [0.2, 0.25) is 0 Å². The normalized spacial score (nSPS) is 20.7. The number of alkyl halides is 9. The van der Waals surface area contributed by atoms with Crippen molar-refractivity contribution >= 4 is 110 Å². The van der Waals surface area contributed by atoms with Crippen LogP contribution in [0.5, 0.6) is 5.75 Å². The molecule has 0 spiro atoms. The van der Waals surface area contributed by atoms with Gasteiger partial charge in [0.25, 0.3) is 3.79 Å². The van der Waals surface area contributed by atoms with Crippen molar-refractivity contribution in [2.75, 3.05) is 7.11 Å². The first-order valence-corrected chi connectivity index (χ1v) is 10.3. The van der Waals surface area contributed by atoms with Gasteiger partial charge in [-0.05, 0) is 17.7 Å². The van der Waals surface area contributed by atoms with Gasteiger partial charge in [0.1, 0.15) is 11.9 Å². The second kappa shape index (κ2) is 8.66. The summed E-state index contributed by atoms with van der Waals surface area (Å²) in [5.74, 6) is -0.570. The predicted molar refractivity (Wildman–Crippen MR) is 111 cm³/mol. The number of benzene rings is 1. The van der Waals surface area contributed by atoms with Gasteiger partial charge in [-0.15, -0.1) is 0 Å². The Labute approximate surface area is 200 Å². The van der Waals surface area contributed by atoms with Crippen LogP contribution in [0.15, 0.2) is 12.1 Å². The number of fused-ring (bicyclic) bond motifs is 1. The zero-order valence-electron chi connectivity index (χ0n) is 13.1. The van der Waals surface area contributed by atoms with Crippen molar-refractivity contribution in [3.05, 3.63) is 28.8 Å². The Balaban J connectivity index is 2.74. The highest BCUT2D eigenvalue weighted by Gasteiger charge is 2.50. The summed E-state index contributed by atoms with van der Waals surface area (Å²) in [7, 11) is 1.19. The molecule has 1 aliphatic heterocycles. The fraction of sp³-hybridized carbons (Fsp3) is 0.500. The highest BCUT2D eigenvalue weighted by Crippen LogP contribution is 2.53. The van der Waals surface area contributed by atoms with Crippen LogP contribution >= 0.6 is 104 Å². The van der Waals surface area contributed by atoms with Gasteiger partial charge in [0.2, 0.25) is 10.1 Å². The van der Waals surface area contributed by atoms with Crippen molar-refractivity contribution in [1.82, 2.24) is 0 Å². The van der Waals surface area contributed by atoms with E-state index in [0.29, 0.717) is 0 Å². The minimum Gasteiger partial charge on any atom is -0.465 e. The van der Waals surface area contributed by atoms with Crippen molar-refractivity contribution in [3.63, 3.8) is 0 Å². The lowest BCUT2D eigenvalue weighted by molar-refractivity contribution is -0.136. The quantitative estimate of drug-likeness (QED) is 0.292. The number of carbonyl (C=O) groups is 1. The molecule has 2 atom stereocenters. The fourth-order valence-electron chi connectivity index (χ4n) is 2.45. The van der Waals surface area contributed by atoms with Crippen LogP contribution < -0.4 is 4.74 Å². The smallest absolute Gasteiger partial charge is 0.338 e. The van der Waals surface area contributed by atoms with Crippen molar-refractivity contribution in [1.29, 1.82) is 0 Å². The van der Waals surface area contributed by atoms with E-state index in [1.54, 1.807) is 0 Å². The third-order valence-corrected chi connectivity index (χ3v) is 4.95. The number of halogens is 9. The summed E-state index contributed by atoms with van der Waals surface area (Å²) >= 11 is 53.6.